The van der Waals surface area contributed by atoms with E-state index in [1.165, 1.54) is 0 Å². The lowest BCUT2D eigenvalue weighted by atomic mass is 10.2. The second kappa shape index (κ2) is 17.1. The van der Waals surface area contributed by atoms with E-state index in [-0.39, 0.29) is 51.8 Å². The van der Waals surface area contributed by atoms with Crippen molar-refractivity contribution in [1.82, 2.24) is 5.32 Å². The number of nitriles is 1. The van der Waals surface area contributed by atoms with Crippen LogP contribution in [0.3, 0.4) is 0 Å². The Balaban J connectivity index is 2.24. The number of esters is 1. The maximum atomic E-state index is 12.8. The molecule has 35 heavy (non-hydrogen) atoms. The van der Waals surface area contributed by atoms with Crippen LogP contribution in [0.25, 0.3) is 0 Å². The second-order valence-electron chi connectivity index (χ2n) is 8.59. The Morgan fingerprint density at radius 3 is 2.29 bits per heavy atom. The average molecular weight is 513 g/mol. The number of ether oxygens (including phenoxy) is 2. The number of hydrogen-bond donors (Lipinski definition) is 1. The summed E-state index contributed by atoms with van der Waals surface area (Å²) in [6.45, 7) is 5.84. The first-order chi connectivity index (χ1) is 16.6. The zero-order valence-corrected chi connectivity index (χ0v) is 21.7. The zero-order valence-electron chi connectivity index (χ0n) is 20.8. The highest BCUT2D eigenvalue weighted by molar-refractivity contribution is 7.48. The number of rotatable bonds is 17. The molecular weight excluding hydrogens is 475 g/mol. The molecule has 1 aromatic rings. The number of unbranched alkanes of at least 4 members (excludes halogenated alkanes) is 2. The Hall–Kier alpha value is -2.44. The summed E-state index contributed by atoms with van der Waals surface area (Å²) in [7, 11) is -3.85. The van der Waals surface area contributed by atoms with Gasteiger partial charge in [0.15, 0.2) is 0 Å². The summed E-state index contributed by atoms with van der Waals surface area (Å²) < 4.78 is 39.0. The van der Waals surface area contributed by atoms with Gasteiger partial charge in [-0.25, -0.2) is 9.36 Å². The molecule has 0 saturated carbocycles. The first-order valence-corrected chi connectivity index (χ1v) is 13.2. The highest BCUT2D eigenvalue weighted by atomic mass is 31.2. The fraction of sp³-hybridized carbons (Fsp3) is 0.625. The predicted octanol–water partition coefficient (Wildman–Crippen LogP) is 5.28. The summed E-state index contributed by atoms with van der Waals surface area (Å²) in [4.78, 5) is 23.5. The van der Waals surface area contributed by atoms with Crippen molar-refractivity contribution in [3.05, 3.63) is 35.9 Å². The number of hydrogen-bond acceptors (Lipinski definition) is 9. The summed E-state index contributed by atoms with van der Waals surface area (Å²) in [5.41, 5.74) is 0.336. The van der Waals surface area contributed by atoms with E-state index in [4.69, 9.17) is 28.3 Å². The number of nitrogens with zero attached hydrogens (tertiary/aromatic N) is 1. The van der Waals surface area contributed by atoms with Gasteiger partial charge in [-0.3, -0.25) is 18.4 Å². The molecule has 0 spiro atoms. The van der Waals surface area contributed by atoms with E-state index in [1.807, 2.05) is 36.4 Å². The van der Waals surface area contributed by atoms with Gasteiger partial charge < -0.3 is 14.8 Å². The van der Waals surface area contributed by atoms with Crippen LogP contribution in [0, 0.1) is 11.3 Å². The highest BCUT2D eigenvalue weighted by Gasteiger charge is 2.26. The number of phosphoric acid groups is 1. The molecule has 0 aliphatic carbocycles. The van der Waals surface area contributed by atoms with Gasteiger partial charge in [0.2, 0.25) is 0 Å². The van der Waals surface area contributed by atoms with Crippen LogP contribution in [0.2, 0.25) is 0 Å². The van der Waals surface area contributed by atoms with Crippen LogP contribution < -0.4 is 5.32 Å². The highest BCUT2D eigenvalue weighted by Crippen LogP contribution is 2.49. The summed E-state index contributed by atoms with van der Waals surface area (Å²) in [5, 5.41) is 11.2. The normalized spacial score (nSPS) is 12.9. The van der Waals surface area contributed by atoms with Crippen molar-refractivity contribution in [2.24, 2.45) is 0 Å². The third kappa shape index (κ3) is 16.8. The van der Waals surface area contributed by atoms with Crippen LogP contribution in [0.1, 0.15) is 64.9 Å². The van der Waals surface area contributed by atoms with E-state index in [2.05, 4.69) is 5.32 Å². The van der Waals surface area contributed by atoms with Gasteiger partial charge in [-0.1, -0.05) is 36.8 Å². The minimum absolute atomic E-state index is 0.0207. The van der Waals surface area contributed by atoms with Crippen molar-refractivity contribution in [2.75, 3.05) is 26.4 Å². The van der Waals surface area contributed by atoms with Gasteiger partial charge in [0.25, 0.3) is 0 Å². The van der Waals surface area contributed by atoms with Crippen LogP contribution in [-0.2, 0) is 39.0 Å². The van der Waals surface area contributed by atoms with Crippen LogP contribution >= 0.6 is 7.82 Å². The van der Waals surface area contributed by atoms with Gasteiger partial charge in [-0.2, -0.15) is 5.26 Å². The lowest BCUT2D eigenvalue weighted by molar-refractivity contribution is -0.145. The minimum atomic E-state index is -3.85. The minimum Gasteiger partial charge on any atom is -0.461 e. The van der Waals surface area contributed by atoms with E-state index in [9.17, 15) is 14.2 Å². The number of alkyl carbamates (subject to hydrolysis) is 1. The van der Waals surface area contributed by atoms with Crippen LogP contribution in [0.4, 0.5) is 4.79 Å². The Morgan fingerprint density at radius 2 is 1.63 bits per heavy atom. The molecular formula is C24H37N2O8P. The molecule has 0 heterocycles. The fourth-order valence-electron chi connectivity index (χ4n) is 2.60. The number of nitrogens with one attached hydrogen (secondary N) is 1. The SMILES string of the molecule is CC(C)(C)OC(=O)NCCCOP(=O)(OCCC#N)OCCCCCC(=O)OCc1ccccc1. The van der Waals surface area contributed by atoms with E-state index in [0.29, 0.717) is 25.7 Å². The summed E-state index contributed by atoms with van der Waals surface area (Å²) in [6.07, 6.45) is 1.95. The molecule has 10 nitrogen and oxygen atoms in total. The third-order valence-electron chi connectivity index (χ3n) is 4.22. The second-order valence-corrected chi connectivity index (χ2v) is 10.3. The molecule has 0 bridgehead atoms. The van der Waals surface area contributed by atoms with Gasteiger partial charge >= 0.3 is 19.9 Å². The van der Waals surface area contributed by atoms with Crippen LogP contribution in [0.5, 0.6) is 0 Å². The molecule has 0 radical (unpaired) electrons. The van der Waals surface area contributed by atoms with Crippen molar-refractivity contribution >= 4 is 19.9 Å². The molecule has 0 aromatic heterocycles. The van der Waals surface area contributed by atoms with Gasteiger partial charge in [-0.15, -0.1) is 0 Å². The molecule has 1 unspecified atom stereocenters. The Kier molecular flexibility index (Phi) is 14.9. The van der Waals surface area contributed by atoms with E-state index >= 15 is 0 Å². The largest absolute Gasteiger partial charge is 0.474 e. The molecule has 1 amide bonds. The van der Waals surface area contributed by atoms with E-state index in [0.717, 1.165) is 5.56 Å². The smallest absolute Gasteiger partial charge is 0.461 e. The zero-order chi connectivity index (χ0) is 26.0. The predicted molar refractivity (Wildman–Crippen MR) is 129 cm³/mol. The summed E-state index contributed by atoms with van der Waals surface area (Å²) in [5.74, 6) is -0.274. The summed E-state index contributed by atoms with van der Waals surface area (Å²) >= 11 is 0. The van der Waals surface area contributed by atoms with Crippen molar-refractivity contribution in [3.8, 4) is 6.07 Å². The quantitative estimate of drug-likeness (QED) is 0.168. The number of amides is 1. The molecule has 196 valence electrons. The molecule has 1 rings (SSSR count). The third-order valence-corrected chi connectivity index (χ3v) is 5.72. The molecule has 11 heteroatoms. The van der Waals surface area contributed by atoms with Gasteiger partial charge in [0.05, 0.1) is 32.3 Å². The van der Waals surface area contributed by atoms with Crippen molar-refractivity contribution in [2.45, 2.75) is 71.5 Å². The number of carbonyl (C=O) groups is 2. The van der Waals surface area contributed by atoms with Gasteiger partial charge in [0, 0.05) is 13.0 Å². The molecule has 0 aliphatic rings. The molecule has 1 atom stereocenters. The van der Waals surface area contributed by atoms with Crippen molar-refractivity contribution in [1.29, 1.82) is 5.26 Å². The maximum Gasteiger partial charge on any atom is 0.474 e. The van der Waals surface area contributed by atoms with E-state index in [1.54, 1.807) is 20.8 Å². The van der Waals surface area contributed by atoms with Crippen LogP contribution in [0.15, 0.2) is 30.3 Å². The van der Waals surface area contributed by atoms with Crippen molar-refractivity contribution < 1.29 is 37.2 Å². The standard InChI is InChI=1S/C24H37N2O8P/c1-24(2,3)34-23(28)26-16-11-19-33-35(29,32-18-10-15-25)31-17-9-5-8-14-22(27)30-20-21-12-6-4-7-13-21/h4,6-7,12-13H,5,8-11,14,16-20H2,1-3H3,(H,26,28). The van der Waals surface area contributed by atoms with E-state index < -0.39 is 19.5 Å². The Bertz CT molecular complexity index is 836. The lowest BCUT2D eigenvalue weighted by Gasteiger charge is -2.20. The number of phosphoric ester groups is 1. The summed E-state index contributed by atoms with van der Waals surface area (Å²) in [6, 6.07) is 11.4. The molecule has 0 saturated heterocycles. The molecule has 0 fully saturated rings. The molecule has 0 aliphatic heterocycles. The Labute approximate surface area is 207 Å². The lowest BCUT2D eigenvalue weighted by Crippen LogP contribution is -2.33. The maximum absolute atomic E-state index is 12.8. The van der Waals surface area contributed by atoms with Crippen LogP contribution in [-0.4, -0.2) is 44.0 Å². The van der Waals surface area contributed by atoms with Gasteiger partial charge in [-0.05, 0) is 45.6 Å². The average Bonchev–Trinajstić information content (AvgIpc) is 2.79. The first-order valence-electron chi connectivity index (χ1n) is 11.7. The number of benzene rings is 1. The monoisotopic (exact) mass is 512 g/mol. The topological polar surface area (TPSA) is 133 Å². The van der Waals surface area contributed by atoms with Crippen molar-refractivity contribution in [3.63, 3.8) is 0 Å². The fourth-order valence-corrected chi connectivity index (χ4v) is 3.85. The Morgan fingerprint density at radius 1 is 0.971 bits per heavy atom. The van der Waals surface area contributed by atoms with Gasteiger partial charge in [0.1, 0.15) is 12.2 Å². The molecule has 1 aromatic carbocycles. The first kappa shape index (κ1) is 30.6. The molecule has 1 N–H and O–H groups in total. The number of carbonyl (C=O) groups excluding carboxylic acids is 2.